The Morgan fingerprint density at radius 2 is 1.77 bits per heavy atom. The number of fused-ring (bicyclic) bond motifs is 1. The van der Waals surface area contributed by atoms with Crippen LogP contribution >= 0.6 is 46.9 Å². The predicted molar refractivity (Wildman–Crippen MR) is 164 cm³/mol. The topological polar surface area (TPSA) is 76.2 Å². The average Bonchev–Trinajstić information content (AvgIpc) is 3.41. The van der Waals surface area contributed by atoms with E-state index in [9.17, 15) is 13.2 Å². The van der Waals surface area contributed by atoms with E-state index < -0.39 is 14.5 Å². The molecule has 5 rings (SSSR count). The molecule has 2 heterocycles. The number of carbonyl (C=O) groups is 1. The number of nitrogens with zero attached hydrogens (tertiary/aromatic N) is 2. The zero-order valence-corrected chi connectivity index (χ0v) is 26.0. The molecule has 0 spiro atoms. The number of hydrogen-bond acceptors (Lipinski definition) is 9. The zero-order valence-electron chi connectivity index (χ0n) is 22.0. The SMILES string of the molecule is CSC1(OS(=O)(=O)c2ccc(C)cc2)SC(=C2Sc3ccc(OCCCl)cc3N2C)C(=O)N1Cc1ccccc1. The molecule has 1 atom stereocenters. The van der Waals surface area contributed by atoms with Crippen LogP contribution in [0.5, 0.6) is 5.75 Å². The molecule has 0 radical (unpaired) electrons. The van der Waals surface area contributed by atoms with E-state index in [-0.39, 0.29) is 17.3 Å². The minimum Gasteiger partial charge on any atom is -0.492 e. The summed E-state index contributed by atoms with van der Waals surface area (Å²) >= 11 is 9.51. The van der Waals surface area contributed by atoms with Gasteiger partial charge in [0.05, 0.1) is 28.0 Å². The summed E-state index contributed by atoms with van der Waals surface area (Å²) in [6.45, 7) is 2.44. The molecule has 2 aliphatic rings. The van der Waals surface area contributed by atoms with Gasteiger partial charge in [-0.05, 0) is 54.8 Å². The number of carbonyl (C=O) groups excluding carboxylic acids is 1. The second-order valence-corrected chi connectivity index (χ2v) is 14.4. The molecule has 210 valence electrons. The van der Waals surface area contributed by atoms with Crippen molar-refractivity contribution in [3.8, 4) is 5.75 Å². The van der Waals surface area contributed by atoms with Gasteiger partial charge in [-0.2, -0.15) is 8.42 Å². The number of aryl methyl sites for hydroxylation is 1. The van der Waals surface area contributed by atoms with Crippen molar-refractivity contribution in [2.24, 2.45) is 0 Å². The summed E-state index contributed by atoms with van der Waals surface area (Å²) in [5.41, 5.74) is 2.67. The minimum atomic E-state index is -4.21. The van der Waals surface area contributed by atoms with Gasteiger partial charge in [0.15, 0.2) is 0 Å². The van der Waals surface area contributed by atoms with Crippen LogP contribution in [-0.2, 0) is 25.6 Å². The predicted octanol–water partition coefficient (Wildman–Crippen LogP) is 6.48. The fourth-order valence-corrected chi connectivity index (χ4v) is 9.41. The Morgan fingerprint density at radius 1 is 1.05 bits per heavy atom. The molecule has 1 fully saturated rings. The molecule has 40 heavy (non-hydrogen) atoms. The lowest BCUT2D eigenvalue weighted by molar-refractivity contribution is -0.131. The molecule has 3 aromatic rings. The van der Waals surface area contributed by atoms with Crippen molar-refractivity contribution in [1.82, 2.24) is 4.90 Å². The molecule has 0 aromatic heterocycles. The van der Waals surface area contributed by atoms with Gasteiger partial charge in [-0.1, -0.05) is 71.6 Å². The molecule has 1 amide bonds. The van der Waals surface area contributed by atoms with E-state index in [1.807, 2.05) is 67.4 Å². The van der Waals surface area contributed by atoms with Crippen molar-refractivity contribution >= 4 is 68.6 Å². The number of halogens is 1. The Balaban J connectivity index is 1.55. The van der Waals surface area contributed by atoms with Crippen molar-refractivity contribution < 1.29 is 22.1 Å². The highest BCUT2D eigenvalue weighted by atomic mass is 35.5. The molecule has 0 aliphatic carbocycles. The van der Waals surface area contributed by atoms with Crippen LogP contribution in [0.2, 0.25) is 0 Å². The minimum absolute atomic E-state index is 0.0320. The Labute approximate surface area is 252 Å². The zero-order chi connectivity index (χ0) is 28.5. The quantitative estimate of drug-likeness (QED) is 0.114. The maximum absolute atomic E-state index is 14.1. The Bertz CT molecular complexity index is 1550. The summed E-state index contributed by atoms with van der Waals surface area (Å²) < 4.78 is 37.2. The van der Waals surface area contributed by atoms with Gasteiger partial charge in [0.2, 0.25) is 0 Å². The van der Waals surface area contributed by atoms with Crippen molar-refractivity contribution in [2.75, 3.05) is 30.7 Å². The van der Waals surface area contributed by atoms with Crippen LogP contribution in [0.25, 0.3) is 0 Å². The number of benzene rings is 3. The monoisotopic (exact) mass is 634 g/mol. The van der Waals surface area contributed by atoms with E-state index in [2.05, 4.69) is 0 Å². The second-order valence-electron chi connectivity index (χ2n) is 9.02. The molecule has 2 aliphatic heterocycles. The number of rotatable bonds is 9. The number of ether oxygens (including phenoxy) is 1. The number of alkyl halides is 1. The highest BCUT2D eigenvalue weighted by Gasteiger charge is 2.55. The van der Waals surface area contributed by atoms with E-state index in [4.69, 9.17) is 20.5 Å². The lowest BCUT2D eigenvalue weighted by atomic mass is 10.2. The Kier molecular flexibility index (Phi) is 8.70. The van der Waals surface area contributed by atoms with Crippen LogP contribution in [0.3, 0.4) is 0 Å². The van der Waals surface area contributed by atoms with E-state index >= 15 is 0 Å². The number of thioether (sulfide) groups is 3. The number of hydrogen-bond donors (Lipinski definition) is 0. The first-order valence-electron chi connectivity index (χ1n) is 12.3. The molecular formula is C28H27ClN2O5S4. The summed E-state index contributed by atoms with van der Waals surface area (Å²) in [6, 6.07) is 21.7. The van der Waals surface area contributed by atoms with Gasteiger partial charge in [-0.3, -0.25) is 9.69 Å². The van der Waals surface area contributed by atoms with Crippen molar-refractivity contribution in [3.05, 3.63) is 93.9 Å². The Hall–Kier alpha value is -2.28. The van der Waals surface area contributed by atoms with Gasteiger partial charge < -0.3 is 9.64 Å². The molecule has 0 bridgehead atoms. The summed E-state index contributed by atoms with van der Waals surface area (Å²) in [4.78, 5) is 19.0. The molecule has 7 nitrogen and oxygen atoms in total. The van der Waals surface area contributed by atoms with Gasteiger partial charge in [0.25, 0.3) is 10.3 Å². The van der Waals surface area contributed by atoms with Crippen molar-refractivity contribution in [2.45, 2.75) is 27.6 Å². The van der Waals surface area contributed by atoms with Gasteiger partial charge in [-0.15, -0.1) is 11.6 Å². The highest BCUT2D eigenvalue weighted by molar-refractivity contribution is 8.21. The van der Waals surface area contributed by atoms with Crippen LogP contribution in [0, 0.1) is 6.92 Å². The molecule has 3 aromatic carbocycles. The van der Waals surface area contributed by atoms with Crippen LogP contribution < -0.4 is 9.64 Å². The Morgan fingerprint density at radius 3 is 2.45 bits per heavy atom. The third kappa shape index (κ3) is 5.73. The second kappa shape index (κ2) is 11.9. The molecule has 0 saturated carbocycles. The van der Waals surface area contributed by atoms with E-state index in [0.29, 0.717) is 28.2 Å². The van der Waals surface area contributed by atoms with E-state index in [1.54, 1.807) is 18.4 Å². The van der Waals surface area contributed by atoms with E-state index in [1.165, 1.54) is 40.6 Å². The van der Waals surface area contributed by atoms with Crippen LogP contribution in [-0.4, -0.2) is 49.4 Å². The standard InChI is InChI=1S/C28H27ClN2O5S4/c1-19-9-12-22(13-10-19)40(33,34)36-28(37-3)31(18-20-7-5-4-6-8-20)26(32)25(39-28)27-30(2)23-17-21(35-16-15-29)11-14-24(23)38-27/h4-14,17H,15-16,18H2,1-3H3. The van der Waals surface area contributed by atoms with Gasteiger partial charge in [0.1, 0.15) is 17.3 Å². The van der Waals surface area contributed by atoms with Crippen molar-refractivity contribution in [1.29, 1.82) is 0 Å². The van der Waals surface area contributed by atoms with E-state index in [0.717, 1.165) is 33.5 Å². The lowest BCUT2D eigenvalue weighted by Crippen LogP contribution is -2.44. The first kappa shape index (κ1) is 29.2. The fourth-order valence-electron chi connectivity index (χ4n) is 4.26. The maximum atomic E-state index is 14.1. The fraction of sp³-hybridized carbons (Fsp3) is 0.250. The normalized spacial score (nSPS) is 20.8. The first-order valence-corrected chi connectivity index (χ1v) is 17.1. The molecular weight excluding hydrogens is 608 g/mol. The molecule has 1 unspecified atom stereocenters. The molecule has 1 saturated heterocycles. The van der Waals surface area contributed by atoms with Gasteiger partial charge >= 0.3 is 10.1 Å². The van der Waals surface area contributed by atoms with Gasteiger partial charge in [0, 0.05) is 18.0 Å². The summed E-state index contributed by atoms with van der Waals surface area (Å²) in [5.74, 6) is 0.755. The smallest absolute Gasteiger partial charge is 0.300 e. The van der Waals surface area contributed by atoms with Crippen LogP contribution in [0.4, 0.5) is 5.69 Å². The van der Waals surface area contributed by atoms with Crippen molar-refractivity contribution in [3.63, 3.8) is 0 Å². The van der Waals surface area contributed by atoms with Gasteiger partial charge in [-0.25, -0.2) is 4.18 Å². The number of anilines is 1. The largest absolute Gasteiger partial charge is 0.492 e. The van der Waals surface area contributed by atoms with Crippen LogP contribution in [0.1, 0.15) is 11.1 Å². The first-order chi connectivity index (χ1) is 19.2. The lowest BCUT2D eigenvalue weighted by Gasteiger charge is -2.34. The maximum Gasteiger partial charge on any atom is 0.300 e. The highest BCUT2D eigenvalue weighted by Crippen LogP contribution is 2.58. The summed E-state index contributed by atoms with van der Waals surface area (Å²) in [6.07, 6.45) is 1.75. The molecule has 12 heteroatoms. The number of amides is 1. The third-order valence-corrected chi connectivity index (χ3v) is 12.1. The summed E-state index contributed by atoms with van der Waals surface area (Å²) in [5, 5.41) is 0.699. The third-order valence-electron chi connectivity index (χ3n) is 6.31. The average molecular weight is 635 g/mol. The molecule has 0 N–H and O–H groups in total. The summed E-state index contributed by atoms with van der Waals surface area (Å²) in [7, 11) is -2.33. The van der Waals surface area contributed by atoms with Crippen LogP contribution in [0.15, 0.2) is 92.5 Å².